The number of aliphatic imine (C=N–C) groups is 1. The Morgan fingerprint density at radius 2 is 2.17 bits per heavy atom. The van der Waals surface area contributed by atoms with Crippen LogP contribution in [0.5, 0.6) is 0 Å². The fourth-order valence-corrected chi connectivity index (χ4v) is 2.30. The van der Waals surface area contributed by atoms with Crippen LogP contribution in [-0.2, 0) is 0 Å². The number of halogens is 2. The van der Waals surface area contributed by atoms with Gasteiger partial charge in [0.15, 0.2) is 5.29 Å². The van der Waals surface area contributed by atoms with Gasteiger partial charge in [0.2, 0.25) is 0 Å². The fourth-order valence-electron chi connectivity index (χ4n) is 1.73. The van der Waals surface area contributed by atoms with Crippen LogP contribution in [0.4, 0.5) is 0 Å². The molecule has 1 aliphatic carbocycles. The van der Waals surface area contributed by atoms with E-state index in [9.17, 15) is 0 Å². The Balaban J connectivity index is 2.25. The predicted octanol–water partition coefficient (Wildman–Crippen LogP) is 2.58. The van der Waals surface area contributed by atoms with E-state index < -0.39 is 0 Å². The monoisotopic (exact) mass is 204 g/mol. The van der Waals surface area contributed by atoms with Crippen molar-refractivity contribution in [3.63, 3.8) is 0 Å². The minimum absolute atomic E-state index is 0.250. The predicted molar refractivity (Wildman–Crippen MR) is 51.6 cm³/mol. The summed E-state index contributed by atoms with van der Waals surface area (Å²) in [6.07, 6.45) is 4.59. The standard InChI is InChI=1S/C8H10Cl2N2/c9-7-5-3-1-2-4-6(5)11-8(10)12-7/h6H,1-4H2,(H,11,12). The van der Waals surface area contributed by atoms with Gasteiger partial charge >= 0.3 is 0 Å². The molecule has 1 atom stereocenters. The van der Waals surface area contributed by atoms with Gasteiger partial charge in [-0.05, 0) is 36.4 Å². The maximum atomic E-state index is 5.99. The molecular weight excluding hydrogens is 195 g/mol. The lowest BCUT2D eigenvalue weighted by atomic mass is 9.90. The van der Waals surface area contributed by atoms with Gasteiger partial charge in [-0.3, -0.25) is 0 Å². The largest absolute Gasteiger partial charge is 0.321 e. The second-order valence-corrected chi connectivity index (χ2v) is 3.88. The highest BCUT2D eigenvalue weighted by Crippen LogP contribution is 2.31. The van der Waals surface area contributed by atoms with E-state index in [4.69, 9.17) is 23.2 Å². The van der Waals surface area contributed by atoms with Gasteiger partial charge in [0.05, 0.1) is 6.04 Å². The third-order valence-electron chi connectivity index (χ3n) is 2.34. The summed E-state index contributed by atoms with van der Waals surface area (Å²) in [5.41, 5.74) is 1.23. The average Bonchev–Trinajstić information content (AvgIpc) is 2.04. The van der Waals surface area contributed by atoms with Crippen LogP contribution >= 0.6 is 23.2 Å². The van der Waals surface area contributed by atoms with Gasteiger partial charge in [-0.15, -0.1) is 0 Å². The van der Waals surface area contributed by atoms with Gasteiger partial charge in [-0.1, -0.05) is 18.0 Å². The zero-order valence-corrected chi connectivity index (χ0v) is 8.12. The van der Waals surface area contributed by atoms with Crippen LogP contribution in [0.3, 0.4) is 0 Å². The van der Waals surface area contributed by atoms with Crippen molar-refractivity contribution in [2.24, 2.45) is 4.99 Å². The van der Waals surface area contributed by atoms with Crippen molar-refractivity contribution >= 4 is 28.5 Å². The quantitative estimate of drug-likeness (QED) is 0.604. The maximum absolute atomic E-state index is 5.99. The molecule has 0 saturated heterocycles. The molecule has 0 spiro atoms. The van der Waals surface area contributed by atoms with Crippen LogP contribution in [0.1, 0.15) is 25.7 Å². The van der Waals surface area contributed by atoms with Crippen molar-refractivity contribution in [2.75, 3.05) is 0 Å². The number of fused-ring (bicyclic) bond motifs is 1. The Morgan fingerprint density at radius 1 is 1.33 bits per heavy atom. The normalized spacial score (nSPS) is 29.2. The van der Waals surface area contributed by atoms with E-state index in [-0.39, 0.29) is 6.04 Å². The Kier molecular flexibility index (Phi) is 2.28. The van der Waals surface area contributed by atoms with Gasteiger partial charge in [0, 0.05) is 0 Å². The highest BCUT2D eigenvalue weighted by Gasteiger charge is 2.25. The second-order valence-electron chi connectivity index (χ2n) is 3.15. The molecule has 0 amide bonds. The smallest absolute Gasteiger partial charge is 0.197 e. The summed E-state index contributed by atoms with van der Waals surface area (Å²) in [6.45, 7) is 0. The Morgan fingerprint density at radius 3 is 3.00 bits per heavy atom. The van der Waals surface area contributed by atoms with Crippen LogP contribution in [0.15, 0.2) is 15.7 Å². The van der Waals surface area contributed by atoms with E-state index in [2.05, 4.69) is 10.3 Å². The third kappa shape index (κ3) is 1.46. The molecule has 1 heterocycles. The Bertz CT molecular complexity index is 258. The molecular formula is C8H10Cl2N2. The van der Waals surface area contributed by atoms with E-state index in [0.29, 0.717) is 10.5 Å². The van der Waals surface area contributed by atoms with Crippen LogP contribution in [-0.4, -0.2) is 11.3 Å². The zero-order valence-electron chi connectivity index (χ0n) is 6.61. The number of rotatable bonds is 0. The summed E-state index contributed by atoms with van der Waals surface area (Å²) in [4.78, 5) is 4.28. The lowest BCUT2D eigenvalue weighted by molar-refractivity contribution is 0.528. The van der Waals surface area contributed by atoms with E-state index in [0.717, 1.165) is 12.8 Å². The van der Waals surface area contributed by atoms with Gasteiger partial charge < -0.3 is 5.32 Å². The molecule has 1 saturated carbocycles. The van der Waals surface area contributed by atoms with Crippen LogP contribution in [0.2, 0.25) is 0 Å². The first-order chi connectivity index (χ1) is 5.77. The number of amidine groups is 1. The molecule has 1 fully saturated rings. The lowest BCUT2D eigenvalue weighted by Crippen LogP contribution is -2.29. The molecule has 1 unspecified atom stereocenters. The molecule has 2 nitrogen and oxygen atoms in total. The summed E-state index contributed by atoms with van der Waals surface area (Å²) < 4.78 is 0. The molecule has 0 radical (unpaired) electrons. The third-order valence-corrected chi connectivity index (χ3v) is 2.87. The van der Waals surface area contributed by atoms with Crippen LogP contribution in [0, 0.1) is 0 Å². The number of hydrogen-bond donors (Lipinski definition) is 1. The highest BCUT2D eigenvalue weighted by atomic mass is 35.5. The topological polar surface area (TPSA) is 24.4 Å². The second kappa shape index (κ2) is 3.27. The van der Waals surface area contributed by atoms with Crippen molar-refractivity contribution in [1.29, 1.82) is 0 Å². The molecule has 2 rings (SSSR count). The Hall–Kier alpha value is -0.210. The summed E-state index contributed by atoms with van der Waals surface area (Å²) >= 11 is 11.7. The van der Waals surface area contributed by atoms with Crippen molar-refractivity contribution in [3.8, 4) is 0 Å². The minimum Gasteiger partial charge on any atom is -0.321 e. The zero-order chi connectivity index (χ0) is 8.55. The highest BCUT2D eigenvalue weighted by molar-refractivity contribution is 6.65. The van der Waals surface area contributed by atoms with Gasteiger partial charge in [0.25, 0.3) is 0 Å². The van der Waals surface area contributed by atoms with Gasteiger partial charge in [0.1, 0.15) is 5.16 Å². The van der Waals surface area contributed by atoms with Gasteiger partial charge in [-0.2, -0.15) is 0 Å². The van der Waals surface area contributed by atoms with E-state index in [1.807, 2.05) is 0 Å². The average molecular weight is 205 g/mol. The molecule has 1 N–H and O–H groups in total. The number of hydrogen-bond acceptors (Lipinski definition) is 2. The molecule has 1 aliphatic heterocycles. The van der Waals surface area contributed by atoms with Crippen LogP contribution in [0.25, 0.3) is 0 Å². The van der Waals surface area contributed by atoms with E-state index in [1.54, 1.807) is 0 Å². The molecule has 0 aromatic rings. The number of nitrogens with zero attached hydrogens (tertiary/aromatic N) is 1. The summed E-state index contributed by atoms with van der Waals surface area (Å²) in [6, 6.07) is 0.250. The summed E-state index contributed by atoms with van der Waals surface area (Å²) in [7, 11) is 0. The number of nitrogens with one attached hydrogen (secondary N) is 1. The van der Waals surface area contributed by atoms with Gasteiger partial charge in [-0.25, -0.2) is 4.99 Å². The minimum atomic E-state index is 0.250. The SMILES string of the molecule is ClC1=NC2CCCCC2=C(Cl)N1. The first kappa shape index (κ1) is 8.39. The maximum Gasteiger partial charge on any atom is 0.197 e. The van der Waals surface area contributed by atoms with E-state index >= 15 is 0 Å². The summed E-state index contributed by atoms with van der Waals surface area (Å²) in [5.74, 6) is 0. The first-order valence-electron chi connectivity index (χ1n) is 4.16. The molecule has 66 valence electrons. The molecule has 0 aromatic heterocycles. The van der Waals surface area contributed by atoms with Crippen molar-refractivity contribution in [3.05, 3.63) is 10.7 Å². The van der Waals surface area contributed by atoms with Crippen LogP contribution < -0.4 is 5.32 Å². The van der Waals surface area contributed by atoms with Crippen molar-refractivity contribution in [1.82, 2.24) is 5.32 Å². The fraction of sp³-hybridized carbons (Fsp3) is 0.625. The Labute approximate surface area is 81.6 Å². The first-order valence-corrected chi connectivity index (χ1v) is 4.92. The molecule has 0 bridgehead atoms. The lowest BCUT2D eigenvalue weighted by Gasteiger charge is -2.27. The summed E-state index contributed by atoms with van der Waals surface area (Å²) in [5, 5.41) is 3.96. The molecule has 0 aromatic carbocycles. The molecule has 12 heavy (non-hydrogen) atoms. The van der Waals surface area contributed by atoms with Crippen molar-refractivity contribution in [2.45, 2.75) is 31.7 Å². The molecule has 2 aliphatic rings. The molecule has 4 heteroatoms. The van der Waals surface area contributed by atoms with Crippen molar-refractivity contribution < 1.29 is 0 Å². The van der Waals surface area contributed by atoms with E-state index in [1.165, 1.54) is 18.4 Å².